The van der Waals surface area contributed by atoms with Crippen LogP contribution in [0.3, 0.4) is 0 Å². The molecular weight excluding hydrogens is 483 g/mol. The molecule has 5 aliphatic rings. The maximum atomic E-state index is 12.7. The Labute approximate surface area is 208 Å². The van der Waals surface area contributed by atoms with Gasteiger partial charge in [0.1, 0.15) is 5.75 Å². The van der Waals surface area contributed by atoms with Crippen LogP contribution in [0.5, 0.6) is 5.75 Å². The van der Waals surface area contributed by atoms with E-state index in [2.05, 4.69) is 10.1 Å². The van der Waals surface area contributed by atoms with Gasteiger partial charge in [-0.3, -0.25) is 14.5 Å². The molecule has 0 radical (unpaired) electrons. The van der Waals surface area contributed by atoms with Crippen molar-refractivity contribution in [2.24, 2.45) is 23.2 Å². The third kappa shape index (κ3) is 5.71. The predicted octanol–water partition coefficient (Wildman–Crippen LogP) is 4.22. The van der Waals surface area contributed by atoms with E-state index in [4.69, 9.17) is 11.6 Å². The van der Waals surface area contributed by atoms with Crippen LogP contribution in [-0.2, 0) is 16.1 Å². The minimum absolute atomic E-state index is 0.0109. The molecule has 4 aliphatic carbocycles. The van der Waals surface area contributed by atoms with Gasteiger partial charge < -0.3 is 15.0 Å². The van der Waals surface area contributed by atoms with E-state index in [0.29, 0.717) is 43.2 Å². The molecule has 0 spiro atoms. The maximum Gasteiger partial charge on any atom is 0.573 e. The van der Waals surface area contributed by atoms with Gasteiger partial charge in [-0.1, -0.05) is 11.6 Å². The number of carbonyl (C=O) groups is 2. The van der Waals surface area contributed by atoms with Gasteiger partial charge in [0, 0.05) is 49.7 Å². The lowest BCUT2D eigenvalue weighted by Gasteiger charge is -2.38. The van der Waals surface area contributed by atoms with E-state index in [1.807, 2.05) is 4.90 Å². The molecule has 10 heteroatoms. The number of nitrogens with zero attached hydrogens (tertiary/aromatic N) is 2. The zero-order valence-electron chi connectivity index (χ0n) is 19.6. The van der Waals surface area contributed by atoms with E-state index in [9.17, 15) is 22.8 Å². The van der Waals surface area contributed by atoms with Crippen molar-refractivity contribution < 1.29 is 27.5 Å². The molecule has 1 saturated heterocycles. The number of nitrogens with one attached hydrogen (secondary N) is 1. The number of rotatable bonds is 7. The second-order valence-electron chi connectivity index (χ2n) is 10.9. The summed E-state index contributed by atoms with van der Waals surface area (Å²) in [7, 11) is 0. The summed E-state index contributed by atoms with van der Waals surface area (Å²) in [6.45, 7) is 2.12. The van der Waals surface area contributed by atoms with Crippen LogP contribution < -0.4 is 10.1 Å². The summed E-state index contributed by atoms with van der Waals surface area (Å²) in [5.41, 5.74) is 0.500. The van der Waals surface area contributed by atoms with Gasteiger partial charge in [-0.15, -0.1) is 13.2 Å². The molecule has 6 rings (SSSR count). The Hall–Kier alpha value is -2.00. The molecule has 6 nitrogen and oxygen atoms in total. The van der Waals surface area contributed by atoms with Crippen LogP contribution in [0.25, 0.3) is 0 Å². The summed E-state index contributed by atoms with van der Waals surface area (Å²) in [6, 6.07) is 4.05. The van der Waals surface area contributed by atoms with E-state index in [0.717, 1.165) is 24.2 Å². The van der Waals surface area contributed by atoms with E-state index in [-0.39, 0.29) is 36.1 Å². The lowest BCUT2D eigenvalue weighted by molar-refractivity contribution is -0.275. The maximum absolute atomic E-state index is 12.7. The summed E-state index contributed by atoms with van der Waals surface area (Å²) in [5, 5.41) is 3.17. The topological polar surface area (TPSA) is 61.9 Å². The highest BCUT2D eigenvalue weighted by Crippen LogP contribution is 2.65. The summed E-state index contributed by atoms with van der Waals surface area (Å²) in [5.74, 6) is 1.98. The normalized spacial score (nSPS) is 30.1. The van der Waals surface area contributed by atoms with Crippen LogP contribution in [0.2, 0.25) is 5.02 Å². The highest BCUT2D eigenvalue weighted by atomic mass is 35.5. The number of benzene rings is 1. The van der Waals surface area contributed by atoms with Crippen LogP contribution in [0.1, 0.15) is 44.1 Å². The number of hydrogen-bond acceptors (Lipinski definition) is 4. The number of piperazine rings is 1. The van der Waals surface area contributed by atoms with Gasteiger partial charge >= 0.3 is 6.36 Å². The van der Waals surface area contributed by atoms with Gasteiger partial charge in [0.2, 0.25) is 11.8 Å². The lowest BCUT2D eigenvalue weighted by Crippen LogP contribution is -2.51. The molecule has 1 aromatic rings. The zero-order chi connectivity index (χ0) is 24.8. The van der Waals surface area contributed by atoms with Crippen LogP contribution in [0.4, 0.5) is 13.2 Å². The summed E-state index contributed by atoms with van der Waals surface area (Å²) in [4.78, 5) is 28.9. The Balaban J connectivity index is 1.07. The SMILES string of the molecule is O=C(CC12CC3CC(C1)C(C3)C2)NCC(=O)N1CCN(Cc2cc(Cl)ccc2OC(F)(F)F)CC1. The fourth-order valence-corrected chi connectivity index (χ4v) is 7.37. The number of ether oxygens (including phenoxy) is 1. The second kappa shape index (κ2) is 9.47. The number of amides is 2. The van der Waals surface area contributed by atoms with Crippen molar-refractivity contribution in [1.82, 2.24) is 15.1 Å². The summed E-state index contributed by atoms with van der Waals surface area (Å²) >= 11 is 5.98. The van der Waals surface area contributed by atoms with Crippen LogP contribution in [0, 0.1) is 23.2 Å². The van der Waals surface area contributed by atoms with Gasteiger partial charge in [-0.25, -0.2) is 0 Å². The van der Waals surface area contributed by atoms with Crippen molar-refractivity contribution in [1.29, 1.82) is 0 Å². The smallest absolute Gasteiger partial charge is 0.405 e. The summed E-state index contributed by atoms with van der Waals surface area (Å²) in [6.07, 6.45) is 1.92. The first-order valence-electron chi connectivity index (χ1n) is 12.4. The van der Waals surface area contributed by atoms with E-state index < -0.39 is 6.36 Å². The van der Waals surface area contributed by atoms with Gasteiger partial charge in [0.05, 0.1) is 6.54 Å². The monoisotopic (exact) mass is 513 g/mol. The van der Waals surface area contributed by atoms with E-state index >= 15 is 0 Å². The number of halogens is 4. The molecule has 0 aromatic heterocycles. The Morgan fingerprint density at radius 1 is 1.09 bits per heavy atom. The van der Waals surface area contributed by atoms with Crippen molar-refractivity contribution in [2.75, 3.05) is 32.7 Å². The van der Waals surface area contributed by atoms with Gasteiger partial charge in [0.25, 0.3) is 0 Å². The molecule has 1 aromatic carbocycles. The highest BCUT2D eigenvalue weighted by molar-refractivity contribution is 6.30. The Morgan fingerprint density at radius 3 is 2.40 bits per heavy atom. The number of hydrogen-bond donors (Lipinski definition) is 1. The largest absolute Gasteiger partial charge is 0.573 e. The molecule has 1 N–H and O–H groups in total. The Kier molecular flexibility index (Phi) is 6.68. The van der Waals surface area contributed by atoms with Crippen LogP contribution in [-0.4, -0.2) is 60.7 Å². The average Bonchev–Trinajstić information content (AvgIpc) is 3.19. The van der Waals surface area contributed by atoms with Gasteiger partial charge in [0.15, 0.2) is 0 Å². The quantitative estimate of drug-likeness (QED) is 0.593. The van der Waals surface area contributed by atoms with Gasteiger partial charge in [-0.2, -0.15) is 0 Å². The number of carbonyl (C=O) groups excluding carboxylic acids is 2. The van der Waals surface area contributed by atoms with Crippen molar-refractivity contribution in [2.45, 2.75) is 51.4 Å². The molecule has 4 bridgehead atoms. The molecule has 35 heavy (non-hydrogen) atoms. The van der Waals surface area contributed by atoms with Gasteiger partial charge in [-0.05, 0) is 73.5 Å². The van der Waals surface area contributed by atoms with Crippen LogP contribution in [0.15, 0.2) is 18.2 Å². The average molecular weight is 514 g/mol. The predicted molar refractivity (Wildman–Crippen MR) is 124 cm³/mol. The molecule has 5 fully saturated rings. The molecular formula is C25H31ClF3N3O3. The van der Waals surface area contributed by atoms with E-state index in [1.54, 1.807) is 4.90 Å². The molecule has 2 atom stereocenters. The van der Waals surface area contributed by atoms with Crippen molar-refractivity contribution >= 4 is 23.4 Å². The Bertz CT molecular complexity index is 961. The summed E-state index contributed by atoms with van der Waals surface area (Å²) < 4.78 is 42.3. The first-order chi connectivity index (χ1) is 16.6. The third-order valence-corrected chi connectivity index (χ3v) is 8.63. The molecule has 2 amide bonds. The Morgan fingerprint density at radius 2 is 1.77 bits per heavy atom. The van der Waals surface area contributed by atoms with Crippen LogP contribution >= 0.6 is 11.6 Å². The lowest BCUT2D eigenvalue weighted by atomic mass is 9.67. The highest BCUT2D eigenvalue weighted by Gasteiger charge is 2.56. The molecule has 1 aliphatic heterocycles. The second-order valence-corrected chi connectivity index (χ2v) is 11.3. The molecule has 4 saturated carbocycles. The minimum atomic E-state index is -4.78. The zero-order valence-corrected chi connectivity index (χ0v) is 20.3. The van der Waals surface area contributed by atoms with Crippen molar-refractivity contribution in [3.63, 3.8) is 0 Å². The van der Waals surface area contributed by atoms with Crippen molar-refractivity contribution in [3.05, 3.63) is 28.8 Å². The first kappa shape index (κ1) is 24.7. The van der Waals surface area contributed by atoms with Crippen molar-refractivity contribution in [3.8, 4) is 5.75 Å². The molecule has 1 heterocycles. The standard InChI is InChI=1S/C25H31ClF3N3O3/c26-20-1-2-21(35-25(27,28)29)19(9-20)15-31-3-5-32(6-4-31)23(34)14-30-22(33)13-24-10-16-7-17(11-24)18(8-16)12-24/h1-2,9,16-18H,3-8,10-15H2,(H,30,33). The fraction of sp³-hybridized carbons (Fsp3) is 0.680. The van der Waals surface area contributed by atoms with E-state index in [1.165, 1.54) is 43.9 Å². The molecule has 192 valence electrons. The first-order valence-corrected chi connectivity index (χ1v) is 12.8. The fourth-order valence-electron chi connectivity index (χ4n) is 7.18. The third-order valence-electron chi connectivity index (χ3n) is 8.39. The minimum Gasteiger partial charge on any atom is -0.405 e. The number of alkyl halides is 3. The molecule has 2 unspecified atom stereocenters.